The van der Waals surface area contributed by atoms with Gasteiger partial charge in [-0.15, -0.1) is 0 Å². The third-order valence-corrected chi connectivity index (χ3v) is 5.13. The van der Waals surface area contributed by atoms with Crippen LogP contribution < -0.4 is 4.90 Å². The van der Waals surface area contributed by atoms with E-state index >= 15 is 0 Å². The molecule has 3 aromatic heterocycles. The van der Waals surface area contributed by atoms with Crippen molar-refractivity contribution in [2.45, 2.75) is 26.3 Å². The zero-order valence-corrected chi connectivity index (χ0v) is 18.0. The lowest BCUT2D eigenvalue weighted by molar-refractivity contribution is 0.0983. The monoisotopic (exact) mass is 418 g/mol. The van der Waals surface area contributed by atoms with E-state index in [1.54, 1.807) is 17.4 Å². The Balaban J connectivity index is 1.60. The number of fused-ring (bicyclic) bond motifs is 1. The fourth-order valence-corrected chi connectivity index (χ4v) is 3.39. The summed E-state index contributed by atoms with van der Waals surface area (Å²) < 4.78 is 10.8. The van der Waals surface area contributed by atoms with Crippen LogP contribution in [0.3, 0.4) is 0 Å². The van der Waals surface area contributed by atoms with Crippen LogP contribution in [0, 0.1) is 0 Å². The van der Waals surface area contributed by atoms with Gasteiger partial charge in [0.25, 0.3) is 5.91 Å². The van der Waals surface area contributed by atoms with Gasteiger partial charge < -0.3 is 13.8 Å². The van der Waals surface area contributed by atoms with Crippen molar-refractivity contribution >= 4 is 22.8 Å². The van der Waals surface area contributed by atoms with Crippen LogP contribution in [0.5, 0.6) is 0 Å². The third kappa shape index (κ3) is 4.83. The summed E-state index contributed by atoms with van der Waals surface area (Å²) in [5.41, 5.74) is 3.10. The summed E-state index contributed by atoms with van der Waals surface area (Å²) in [6.07, 6.45) is 3.33. The number of hydrogen-bond donors (Lipinski definition) is 0. The highest BCUT2D eigenvalue weighted by Crippen LogP contribution is 2.26. The highest BCUT2D eigenvalue weighted by Gasteiger charge is 2.21. The predicted molar refractivity (Wildman–Crippen MR) is 119 cm³/mol. The minimum absolute atomic E-state index is 0.0848. The second-order valence-electron chi connectivity index (χ2n) is 7.95. The fraction of sp³-hybridized carbons (Fsp3) is 0.292. The van der Waals surface area contributed by atoms with Crippen LogP contribution in [0.25, 0.3) is 11.1 Å². The Kier molecular flexibility index (Phi) is 6.13. The first-order valence-corrected chi connectivity index (χ1v) is 10.4. The second kappa shape index (κ2) is 9.14. The normalized spacial score (nSPS) is 11.5. The number of hydrogen-bond acceptors (Lipinski definition) is 6. The molecule has 1 amide bonds. The maximum absolute atomic E-state index is 13.3. The van der Waals surface area contributed by atoms with Crippen LogP contribution in [-0.2, 0) is 6.54 Å². The van der Waals surface area contributed by atoms with Gasteiger partial charge in [-0.25, -0.2) is 4.98 Å². The molecule has 0 atom stereocenters. The fourth-order valence-electron chi connectivity index (χ4n) is 3.39. The largest absolute Gasteiger partial charge is 0.459 e. The summed E-state index contributed by atoms with van der Waals surface area (Å²) in [6.45, 7) is 5.99. The van der Waals surface area contributed by atoms with Crippen molar-refractivity contribution in [2.24, 2.45) is 0 Å². The number of benzene rings is 1. The van der Waals surface area contributed by atoms with Crippen molar-refractivity contribution in [1.29, 1.82) is 0 Å². The molecular weight excluding hydrogens is 392 g/mol. The standard InChI is InChI=1S/C24H26N4O3/c1-17(2)22-13-20-21(31-22)9-10-23(26-20)28(24(29)19-7-5-4-6-8-19)12-11-27(3)15-18-14-25-30-16-18/h4-10,13-14,16-17H,11-12,15H2,1-3H3. The summed E-state index contributed by atoms with van der Waals surface area (Å²) in [6, 6.07) is 15.0. The van der Waals surface area contributed by atoms with Crippen LogP contribution in [0.4, 0.5) is 5.82 Å². The lowest BCUT2D eigenvalue weighted by Crippen LogP contribution is -2.38. The van der Waals surface area contributed by atoms with Gasteiger partial charge in [0, 0.05) is 42.7 Å². The third-order valence-electron chi connectivity index (χ3n) is 5.13. The van der Waals surface area contributed by atoms with Crippen molar-refractivity contribution in [3.05, 3.63) is 77.9 Å². The van der Waals surface area contributed by atoms with Crippen LogP contribution in [0.2, 0.25) is 0 Å². The molecule has 160 valence electrons. The van der Waals surface area contributed by atoms with E-state index in [-0.39, 0.29) is 11.8 Å². The molecule has 0 bridgehead atoms. The Morgan fingerprint density at radius 1 is 1.10 bits per heavy atom. The number of rotatable bonds is 8. The number of nitrogens with zero attached hydrogens (tertiary/aromatic N) is 4. The molecule has 0 spiro atoms. The lowest BCUT2D eigenvalue weighted by Gasteiger charge is -2.25. The lowest BCUT2D eigenvalue weighted by atomic mass is 10.1. The first-order chi connectivity index (χ1) is 15.0. The second-order valence-corrected chi connectivity index (χ2v) is 7.95. The van der Waals surface area contributed by atoms with E-state index in [2.05, 4.69) is 23.9 Å². The molecule has 0 aliphatic rings. The number of amides is 1. The summed E-state index contributed by atoms with van der Waals surface area (Å²) in [7, 11) is 2.00. The number of carbonyl (C=O) groups is 1. The number of likely N-dealkylation sites (N-methyl/N-ethyl adjacent to an activating group) is 1. The molecule has 0 saturated heterocycles. The number of anilines is 1. The van der Waals surface area contributed by atoms with Gasteiger partial charge in [-0.05, 0) is 31.3 Å². The van der Waals surface area contributed by atoms with Gasteiger partial charge >= 0.3 is 0 Å². The molecule has 7 nitrogen and oxygen atoms in total. The summed E-state index contributed by atoms with van der Waals surface area (Å²) >= 11 is 0. The van der Waals surface area contributed by atoms with E-state index in [1.807, 2.05) is 55.6 Å². The van der Waals surface area contributed by atoms with Crippen molar-refractivity contribution in [1.82, 2.24) is 15.0 Å². The molecule has 3 heterocycles. The number of aromatic nitrogens is 2. The van der Waals surface area contributed by atoms with E-state index < -0.39 is 0 Å². The topological polar surface area (TPSA) is 75.6 Å². The maximum Gasteiger partial charge on any atom is 0.259 e. The minimum Gasteiger partial charge on any atom is -0.459 e. The molecule has 0 aliphatic heterocycles. The zero-order valence-electron chi connectivity index (χ0n) is 18.0. The average Bonchev–Trinajstić information content (AvgIpc) is 3.43. The molecule has 4 rings (SSSR count). The van der Waals surface area contributed by atoms with E-state index in [0.717, 1.165) is 22.4 Å². The number of carbonyl (C=O) groups excluding carboxylic acids is 1. The predicted octanol–water partition coefficient (Wildman–Crippen LogP) is 4.72. The smallest absolute Gasteiger partial charge is 0.259 e. The van der Waals surface area contributed by atoms with E-state index in [4.69, 9.17) is 13.9 Å². The molecule has 1 aromatic carbocycles. The van der Waals surface area contributed by atoms with Crippen LogP contribution in [0.1, 0.15) is 41.4 Å². The average molecular weight is 418 g/mol. The van der Waals surface area contributed by atoms with Crippen molar-refractivity contribution in [3.8, 4) is 0 Å². The van der Waals surface area contributed by atoms with E-state index in [9.17, 15) is 4.79 Å². The van der Waals surface area contributed by atoms with E-state index in [1.165, 1.54) is 0 Å². The van der Waals surface area contributed by atoms with Gasteiger partial charge in [0.2, 0.25) is 0 Å². The number of furan rings is 1. The number of pyridine rings is 1. The molecule has 31 heavy (non-hydrogen) atoms. The molecule has 0 N–H and O–H groups in total. The highest BCUT2D eigenvalue weighted by atomic mass is 16.5. The van der Waals surface area contributed by atoms with Crippen LogP contribution in [0.15, 0.2) is 69.9 Å². The Morgan fingerprint density at radius 3 is 2.61 bits per heavy atom. The minimum atomic E-state index is -0.0848. The van der Waals surface area contributed by atoms with Gasteiger partial charge in [-0.3, -0.25) is 9.69 Å². The first-order valence-electron chi connectivity index (χ1n) is 10.4. The van der Waals surface area contributed by atoms with Gasteiger partial charge in [0.15, 0.2) is 5.58 Å². The first kappa shape index (κ1) is 20.8. The zero-order chi connectivity index (χ0) is 21.8. The van der Waals surface area contributed by atoms with Gasteiger partial charge in [0.05, 0.1) is 6.20 Å². The molecule has 0 saturated carbocycles. The summed E-state index contributed by atoms with van der Waals surface area (Å²) in [5, 5.41) is 3.74. The Hall–Kier alpha value is -3.45. The van der Waals surface area contributed by atoms with Crippen molar-refractivity contribution in [3.63, 3.8) is 0 Å². The molecule has 0 aliphatic carbocycles. The van der Waals surface area contributed by atoms with Gasteiger partial charge in [-0.1, -0.05) is 37.2 Å². The Bertz CT molecular complexity index is 1140. The van der Waals surface area contributed by atoms with Crippen LogP contribution >= 0.6 is 0 Å². The molecule has 0 radical (unpaired) electrons. The summed E-state index contributed by atoms with van der Waals surface area (Å²) in [5.74, 6) is 1.68. The maximum atomic E-state index is 13.3. The van der Waals surface area contributed by atoms with Gasteiger partial charge in [0.1, 0.15) is 23.4 Å². The van der Waals surface area contributed by atoms with E-state index in [0.29, 0.717) is 31.0 Å². The van der Waals surface area contributed by atoms with Crippen molar-refractivity contribution < 1.29 is 13.7 Å². The molecule has 7 heteroatoms. The van der Waals surface area contributed by atoms with Crippen molar-refractivity contribution in [2.75, 3.05) is 25.0 Å². The van der Waals surface area contributed by atoms with Crippen LogP contribution in [-0.4, -0.2) is 41.1 Å². The molecule has 0 fully saturated rings. The Labute approximate surface area is 181 Å². The van der Waals surface area contributed by atoms with Gasteiger partial charge in [-0.2, -0.15) is 0 Å². The summed E-state index contributed by atoms with van der Waals surface area (Å²) in [4.78, 5) is 21.9. The SMILES string of the molecule is CC(C)c1cc2nc(N(CCN(C)Cc3cnoc3)C(=O)c3ccccc3)ccc2o1. The molecule has 0 unspecified atom stereocenters. The highest BCUT2D eigenvalue weighted by molar-refractivity contribution is 6.05. The quantitative estimate of drug-likeness (QED) is 0.412. The Morgan fingerprint density at radius 2 is 1.90 bits per heavy atom. The molecule has 4 aromatic rings. The molecular formula is C24H26N4O3.